The van der Waals surface area contributed by atoms with Gasteiger partial charge in [0.1, 0.15) is 0 Å². The second-order valence-corrected chi connectivity index (χ2v) is 2.29. The smallest absolute Gasteiger partial charge is 0.306 e. The molecule has 0 aromatic rings. The summed E-state index contributed by atoms with van der Waals surface area (Å²) in [5.74, 6) is -1.23. The first kappa shape index (κ1) is 9.94. The molecule has 0 radical (unpaired) electrons. The highest BCUT2D eigenvalue weighted by molar-refractivity contribution is 5.82. The van der Waals surface area contributed by atoms with Crippen molar-refractivity contribution in [1.29, 1.82) is 0 Å². The minimum absolute atomic E-state index is 0.0856. The van der Waals surface area contributed by atoms with Crippen molar-refractivity contribution >= 4 is 11.9 Å². The number of rotatable bonds is 4. The Balaban J connectivity index is 3.88. The molecule has 0 rings (SSSR count). The van der Waals surface area contributed by atoms with E-state index in [2.05, 4.69) is 4.74 Å². The Morgan fingerprint density at radius 3 is 2.36 bits per heavy atom. The monoisotopic (exact) mass is 159 g/mol. The summed E-state index contributed by atoms with van der Waals surface area (Å²) in [5, 5.41) is 0. The molecule has 0 aliphatic heterocycles. The molecule has 64 valence electrons. The fourth-order valence-corrected chi connectivity index (χ4v) is 0.731. The molecule has 1 unspecified atom stereocenters. The van der Waals surface area contributed by atoms with E-state index in [1.54, 1.807) is 6.92 Å². The SMILES string of the molecule is CCC(CC(=O)OC)C(N)=O. The fourth-order valence-electron chi connectivity index (χ4n) is 0.731. The van der Waals surface area contributed by atoms with E-state index < -0.39 is 11.9 Å². The van der Waals surface area contributed by atoms with Crippen molar-refractivity contribution < 1.29 is 14.3 Å². The summed E-state index contributed by atoms with van der Waals surface area (Å²) in [5.41, 5.74) is 5.00. The quantitative estimate of drug-likeness (QED) is 0.590. The highest BCUT2D eigenvalue weighted by Crippen LogP contribution is 2.07. The Bertz CT molecular complexity index is 156. The topological polar surface area (TPSA) is 69.4 Å². The van der Waals surface area contributed by atoms with Gasteiger partial charge in [-0.3, -0.25) is 9.59 Å². The number of amides is 1. The zero-order valence-electron chi connectivity index (χ0n) is 6.79. The lowest BCUT2D eigenvalue weighted by atomic mass is 10.0. The van der Waals surface area contributed by atoms with Crippen LogP contribution in [-0.2, 0) is 14.3 Å². The molecule has 4 heteroatoms. The standard InChI is InChI=1S/C7H13NO3/c1-3-5(7(8)10)4-6(9)11-2/h5H,3-4H2,1-2H3,(H2,8,10). The normalized spacial score (nSPS) is 12.2. The predicted octanol–water partition coefficient (Wildman–Crippen LogP) is 0.0610. The predicted molar refractivity (Wildman–Crippen MR) is 39.6 cm³/mol. The van der Waals surface area contributed by atoms with Crippen molar-refractivity contribution in [3.63, 3.8) is 0 Å². The average molecular weight is 159 g/mol. The Morgan fingerprint density at radius 1 is 1.55 bits per heavy atom. The fraction of sp³-hybridized carbons (Fsp3) is 0.714. The molecule has 11 heavy (non-hydrogen) atoms. The highest BCUT2D eigenvalue weighted by Gasteiger charge is 2.17. The van der Waals surface area contributed by atoms with E-state index in [9.17, 15) is 9.59 Å². The molecular weight excluding hydrogens is 146 g/mol. The summed E-state index contributed by atoms with van der Waals surface area (Å²) in [6.45, 7) is 1.80. The summed E-state index contributed by atoms with van der Waals surface area (Å²) < 4.78 is 4.39. The molecule has 0 aliphatic carbocycles. The molecule has 1 amide bonds. The van der Waals surface area contributed by atoms with E-state index in [0.717, 1.165) is 0 Å². The molecule has 0 saturated carbocycles. The van der Waals surface area contributed by atoms with Gasteiger partial charge >= 0.3 is 5.97 Å². The zero-order chi connectivity index (χ0) is 8.85. The summed E-state index contributed by atoms with van der Waals surface area (Å²) in [6, 6.07) is 0. The first-order valence-electron chi connectivity index (χ1n) is 3.48. The Hall–Kier alpha value is -1.06. The van der Waals surface area contributed by atoms with Crippen LogP contribution in [0.5, 0.6) is 0 Å². The van der Waals surface area contributed by atoms with Crippen LogP contribution in [0, 0.1) is 5.92 Å². The number of hydrogen-bond acceptors (Lipinski definition) is 3. The molecule has 0 bridgehead atoms. The maximum atomic E-state index is 10.7. The second kappa shape index (κ2) is 4.71. The van der Waals surface area contributed by atoms with Crippen LogP contribution in [0.15, 0.2) is 0 Å². The Morgan fingerprint density at radius 2 is 2.09 bits per heavy atom. The van der Waals surface area contributed by atoms with E-state index in [1.165, 1.54) is 7.11 Å². The van der Waals surface area contributed by atoms with Crippen LogP contribution in [0.4, 0.5) is 0 Å². The van der Waals surface area contributed by atoms with Gasteiger partial charge in [-0.2, -0.15) is 0 Å². The third-order valence-corrected chi connectivity index (χ3v) is 1.54. The Kier molecular flexibility index (Phi) is 4.26. The van der Waals surface area contributed by atoms with Gasteiger partial charge in [0.25, 0.3) is 0 Å². The maximum absolute atomic E-state index is 10.7. The van der Waals surface area contributed by atoms with E-state index >= 15 is 0 Å². The van der Waals surface area contributed by atoms with Crippen LogP contribution in [0.3, 0.4) is 0 Å². The van der Waals surface area contributed by atoms with Gasteiger partial charge in [0, 0.05) is 5.92 Å². The summed E-state index contributed by atoms with van der Waals surface area (Å²) in [7, 11) is 1.29. The number of ether oxygens (including phenoxy) is 1. The second-order valence-electron chi connectivity index (χ2n) is 2.29. The van der Waals surface area contributed by atoms with Crippen molar-refractivity contribution in [2.75, 3.05) is 7.11 Å². The molecule has 1 atom stereocenters. The minimum atomic E-state index is -0.446. The average Bonchev–Trinajstić information content (AvgIpc) is 1.99. The molecule has 0 saturated heterocycles. The van der Waals surface area contributed by atoms with E-state index in [-0.39, 0.29) is 12.3 Å². The van der Waals surface area contributed by atoms with Gasteiger partial charge in [-0.05, 0) is 6.42 Å². The lowest BCUT2D eigenvalue weighted by Gasteiger charge is -2.07. The zero-order valence-corrected chi connectivity index (χ0v) is 6.79. The molecule has 0 heterocycles. The number of primary amides is 1. The van der Waals surface area contributed by atoms with Gasteiger partial charge in [-0.1, -0.05) is 6.92 Å². The van der Waals surface area contributed by atoms with E-state index in [4.69, 9.17) is 5.73 Å². The van der Waals surface area contributed by atoms with Crippen molar-refractivity contribution in [2.45, 2.75) is 19.8 Å². The number of nitrogens with two attached hydrogens (primary N) is 1. The van der Waals surface area contributed by atoms with Gasteiger partial charge in [0.05, 0.1) is 13.5 Å². The van der Waals surface area contributed by atoms with Gasteiger partial charge < -0.3 is 10.5 Å². The minimum Gasteiger partial charge on any atom is -0.469 e. The molecular formula is C7H13NO3. The van der Waals surface area contributed by atoms with Crippen LogP contribution >= 0.6 is 0 Å². The first-order valence-corrected chi connectivity index (χ1v) is 3.48. The lowest BCUT2D eigenvalue weighted by molar-refractivity contribution is -0.143. The van der Waals surface area contributed by atoms with Gasteiger partial charge in [-0.15, -0.1) is 0 Å². The molecule has 2 N–H and O–H groups in total. The number of carbonyl (C=O) groups excluding carboxylic acids is 2. The maximum Gasteiger partial charge on any atom is 0.306 e. The largest absolute Gasteiger partial charge is 0.469 e. The van der Waals surface area contributed by atoms with Crippen molar-refractivity contribution in [2.24, 2.45) is 11.7 Å². The lowest BCUT2D eigenvalue weighted by Crippen LogP contribution is -2.25. The van der Waals surface area contributed by atoms with Gasteiger partial charge in [0.15, 0.2) is 0 Å². The van der Waals surface area contributed by atoms with Crippen molar-refractivity contribution in [3.05, 3.63) is 0 Å². The van der Waals surface area contributed by atoms with Crippen LogP contribution in [0.1, 0.15) is 19.8 Å². The first-order chi connectivity index (χ1) is 5.11. The molecule has 0 aromatic heterocycles. The van der Waals surface area contributed by atoms with Crippen LogP contribution in [0.2, 0.25) is 0 Å². The van der Waals surface area contributed by atoms with Crippen molar-refractivity contribution in [3.8, 4) is 0 Å². The van der Waals surface area contributed by atoms with Gasteiger partial charge in [0.2, 0.25) is 5.91 Å². The number of methoxy groups -OCH3 is 1. The van der Waals surface area contributed by atoms with E-state index in [0.29, 0.717) is 6.42 Å². The van der Waals surface area contributed by atoms with E-state index in [1.807, 2.05) is 0 Å². The van der Waals surface area contributed by atoms with Crippen molar-refractivity contribution in [1.82, 2.24) is 0 Å². The van der Waals surface area contributed by atoms with Crippen LogP contribution in [-0.4, -0.2) is 19.0 Å². The third-order valence-electron chi connectivity index (χ3n) is 1.54. The van der Waals surface area contributed by atoms with Crippen LogP contribution in [0.25, 0.3) is 0 Å². The number of esters is 1. The molecule has 0 aromatic carbocycles. The number of carbonyl (C=O) groups is 2. The third kappa shape index (κ3) is 3.60. The van der Waals surface area contributed by atoms with Crippen LogP contribution < -0.4 is 5.73 Å². The summed E-state index contributed by atoms with van der Waals surface area (Å²) in [4.78, 5) is 21.3. The van der Waals surface area contributed by atoms with Gasteiger partial charge in [-0.25, -0.2) is 0 Å². The molecule has 0 aliphatic rings. The summed E-state index contributed by atoms with van der Waals surface area (Å²) in [6.07, 6.45) is 0.659. The molecule has 0 fully saturated rings. The number of hydrogen-bond donors (Lipinski definition) is 1. The summed E-state index contributed by atoms with van der Waals surface area (Å²) >= 11 is 0. The Labute approximate surface area is 65.7 Å². The molecule has 0 spiro atoms. The highest BCUT2D eigenvalue weighted by atomic mass is 16.5. The molecule has 4 nitrogen and oxygen atoms in total.